The van der Waals surface area contributed by atoms with Crippen LogP contribution in [0.4, 0.5) is 11.6 Å². The molecule has 2 aromatic heterocycles. The number of nitrogens with one attached hydrogen (secondary N) is 2. The highest BCUT2D eigenvalue weighted by Crippen LogP contribution is 2.60. The first-order chi connectivity index (χ1) is 19.2. The van der Waals surface area contributed by atoms with Crippen molar-refractivity contribution < 1.29 is 29.2 Å². The summed E-state index contributed by atoms with van der Waals surface area (Å²) in [6.07, 6.45) is 1.41. The largest absolute Gasteiger partial charge is 0.389 e. The van der Waals surface area contributed by atoms with Gasteiger partial charge in [0, 0.05) is 19.0 Å². The number of hydrogen-bond donors (Lipinski definition) is 7. The van der Waals surface area contributed by atoms with Crippen molar-refractivity contribution in [3.05, 3.63) is 47.3 Å². The first kappa shape index (κ1) is 26.5. The summed E-state index contributed by atoms with van der Waals surface area (Å²) in [6.45, 7) is 1.13. The Kier molecular flexibility index (Phi) is 6.33. The molecule has 214 valence electrons. The number of fused-ring (bicyclic) bond motifs is 3. The highest BCUT2D eigenvalue weighted by atomic mass is 31.0. The van der Waals surface area contributed by atoms with E-state index in [0.717, 1.165) is 11.3 Å². The van der Waals surface area contributed by atoms with Gasteiger partial charge in [-0.3, -0.25) is 0 Å². The van der Waals surface area contributed by atoms with E-state index in [1.807, 2.05) is 12.2 Å². The minimum atomic E-state index is -1.14. The number of aromatic nitrogens is 4. The van der Waals surface area contributed by atoms with Gasteiger partial charge in [-0.25, -0.2) is 19.9 Å². The normalized spacial score (nSPS) is 42.5. The summed E-state index contributed by atoms with van der Waals surface area (Å²) in [5, 5.41) is 27.2. The number of aliphatic hydroxyl groups excluding tert-OH is 2. The fourth-order valence-electron chi connectivity index (χ4n) is 5.96. The van der Waals surface area contributed by atoms with Crippen LogP contribution in [0.5, 0.6) is 0 Å². The third kappa shape index (κ3) is 4.04. The molecule has 16 heteroatoms. The maximum absolute atomic E-state index is 11.1. The van der Waals surface area contributed by atoms with Crippen molar-refractivity contribution in [3.63, 3.8) is 0 Å². The highest BCUT2D eigenvalue weighted by Gasteiger charge is 2.63. The molecule has 0 radical (unpaired) electrons. The predicted molar refractivity (Wildman–Crippen MR) is 142 cm³/mol. The van der Waals surface area contributed by atoms with Crippen LogP contribution in [0.25, 0.3) is 0 Å². The van der Waals surface area contributed by atoms with E-state index in [0.29, 0.717) is 36.0 Å². The van der Waals surface area contributed by atoms with Gasteiger partial charge in [0.15, 0.2) is 11.6 Å². The fraction of sp³-hybridized carbons (Fsp3) is 0.583. The van der Waals surface area contributed by atoms with E-state index in [-0.39, 0.29) is 13.0 Å². The molecule has 0 aromatic carbocycles. The van der Waals surface area contributed by atoms with Crippen LogP contribution >= 0.6 is 9.24 Å². The maximum Gasteiger partial charge on any atom is 0.179 e. The number of hydrogen-bond acceptors (Lipinski definition) is 15. The molecule has 15 nitrogen and oxygen atoms in total. The first-order valence-corrected chi connectivity index (χ1v) is 13.7. The van der Waals surface area contributed by atoms with Gasteiger partial charge in [-0.2, -0.15) is 0 Å². The van der Waals surface area contributed by atoms with Gasteiger partial charge in [-0.1, -0.05) is 21.4 Å². The fourth-order valence-corrected chi connectivity index (χ4v) is 6.48. The molecule has 5 heterocycles. The lowest BCUT2D eigenvalue weighted by Crippen LogP contribution is -2.45. The third-order valence-electron chi connectivity index (χ3n) is 8.26. The zero-order valence-electron chi connectivity index (χ0n) is 21.4. The monoisotopic (exact) mass is 573 g/mol. The van der Waals surface area contributed by atoms with Crippen LogP contribution in [0.3, 0.4) is 0 Å². The van der Waals surface area contributed by atoms with Crippen LogP contribution in [0, 0.1) is 5.92 Å². The third-order valence-corrected chi connectivity index (χ3v) is 8.99. The second kappa shape index (κ2) is 9.56. The van der Waals surface area contributed by atoms with E-state index in [4.69, 9.17) is 36.1 Å². The molecule has 2 fully saturated rings. The van der Waals surface area contributed by atoms with Crippen molar-refractivity contribution >= 4 is 20.9 Å². The lowest BCUT2D eigenvalue weighted by molar-refractivity contribution is -0.191. The van der Waals surface area contributed by atoms with Gasteiger partial charge in [-0.05, 0) is 6.42 Å². The first-order valence-electron chi connectivity index (χ1n) is 13.1. The predicted octanol–water partition coefficient (Wildman–Crippen LogP) is -2.28. The van der Waals surface area contributed by atoms with Crippen LogP contribution in [0.1, 0.15) is 28.9 Å². The number of rotatable bonds is 2. The number of ether oxygens (including phenoxy) is 4. The summed E-state index contributed by atoms with van der Waals surface area (Å²) in [5.74, 6) is 0.733. The zero-order valence-corrected chi connectivity index (χ0v) is 22.5. The van der Waals surface area contributed by atoms with Crippen molar-refractivity contribution in [2.24, 2.45) is 23.1 Å². The molecule has 40 heavy (non-hydrogen) atoms. The second-order valence-electron chi connectivity index (χ2n) is 10.7. The molecule has 2 aliphatic carbocycles. The molecular formula is C24H32N9O6P. The Morgan fingerprint density at radius 1 is 0.900 bits per heavy atom. The lowest BCUT2D eigenvalue weighted by Gasteiger charge is -2.29. The summed E-state index contributed by atoms with van der Waals surface area (Å²) >= 11 is 0. The maximum atomic E-state index is 11.1. The van der Waals surface area contributed by atoms with Gasteiger partial charge < -0.3 is 57.0 Å². The van der Waals surface area contributed by atoms with Crippen LogP contribution in [0.2, 0.25) is 0 Å². The van der Waals surface area contributed by atoms with E-state index in [1.165, 1.54) is 12.7 Å². The molecule has 0 saturated carbocycles. The zero-order chi connectivity index (χ0) is 27.8. The van der Waals surface area contributed by atoms with Crippen LogP contribution in [-0.4, -0.2) is 92.9 Å². The average Bonchev–Trinajstić information content (AvgIpc) is 3.71. The summed E-state index contributed by atoms with van der Waals surface area (Å²) in [5.41, 5.74) is 20.0. The Balaban J connectivity index is 1.23. The van der Waals surface area contributed by atoms with Crippen LogP contribution in [0.15, 0.2) is 24.8 Å². The summed E-state index contributed by atoms with van der Waals surface area (Å²) in [4.78, 5) is 17.7. The lowest BCUT2D eigenvalue weighted by atomic mass is 9.89. The van der Waals surface area contributed by atoms with E-state index in [9.17, 15) is 10.2 Å². The highest BCUT2D eigenvalue weighted by molar-refractivity contribution is 7.19. The molecule has 0 amide bonds. The summed E-state index contributed by atoms with van der Waals surface area (Å²) < 4.78 is 24.5. The van der Waals surface area contributed by atoms with Crippen LogP contribution < -0.4 is 27.8 Å². The minimum absolute atomic E-state index is 0.112. The molecular weight excluding hydrogens is 541 g/mol. The minimum Gasteiger partial charge on any atom is -0.389 e. The SMILES string of the molecule is N[C@@H]1O[C@@H]2COC3(P)c4ncnc(c43)NC/C=C/CNc3ncnc4c3C4(OC3O[C@@H](N)[C@H](O)[C@@H]3N)C[C@H]2[C@H]1O. The van der Waals surface area contributed by atoms with Gasteiger partial charge in [0.1, 0.15) is 48.5 Å². The smallest absolute Gasteiger partial charge is 0.179 e. The molecule has 5 aliphatic rings. The number of nitrogens with two attached hydrogens (primary N) is 3. The number of nitrogens with zero attached hydrogens (tertiary/aromatic N) is 4. The Hall–Kier alpha value is -2.43. The summed E-state index contributed by atoms with van der Waals surface area (Å²) in [7, 11) is 2.70. The molecule has 2 aromatic rings. The molecule has 7 rings (SSSR count). The van der Waals surface area contributed by atoms with Crippen molar-refractivity contribution in [1.82, 2.24) is 19.9 Å². The molecule has 0 spiro atoms. The van der Waals surface area contributed by atoms with Gasteiger partial charge in [0.25, 0.3) is 0 Å². The van der Waals surface area contributed by atoms with Gasteiger partial charge >= 0.3 is 0 Å². The van der Waals surface area contributed by atoms with Gasteiger partial charge in [-0.15, -0.1) is 0 Å². The molecule has 10 N–H and O–H groups in total. The topological polar surface area (TPSA) is 231 Å². The van der Waals surface area contributed by atoms with Crippen molar-refractivity contribution in [2.45, 2.75) is 60.5 Å². The molecule has 3 aliphatic heterocycles. The van der Waals surface area contributed by atoms with Crippen molar-refractivity contribution in [3.8, 4) is 0 Å². The molecule has 4 unspecified atom stereocenters. The molecule has 2 saturated heterocycles. The van der Waals surface area contributed by atoms with Crippen molar-refractivity contribution in [2.75, 3.05) is 30.3 Å². The number of aliphatic hydroxyl groups is 2. The van der Waals surface area contributed by atoms with E-state index in [2.05, 4.69) is 39.8 Å². The van der Waals surface area contributed by atoms with Crippen LogP contribution in [-0.2, 0) is 29.9 Å². The Labute approximate surface area is 231 Å². The quantitative estimate of drug-likeness (QED) is 0.148. The van der Waals surface area contributed by atoms with E-state index in [1.54, 1.807) is 0 Å². The average molecular weight is 574 g/mol. The standard InChI is InChI=1S/C24H32N9O6P/c25-13-15(35)19(27)38-22(13)39-23-5-9-10(37-18(26)14(9)34)6-36-24(40)12-17(24)31-8-33-21(12)29-4-2-1-3-28-20-11(23)16(23)30-7-32-20/h1-2,7-10,13-15,18-19,22,34-35H,3-6,25-27,40H2,(H,28,30,32)(H,29,31,33)/b2-1+/t9-,10-,13+,14-,15-,18-,19-,22?,23?,24?/m1/s1. The van der Waals surface area contributed by atoms with Crippen molar-refractivity contribution in [1.29, 1.82) is 0 Å². The number of anilines is 2. The molecule has 0 bridgehead atoms. The summed E-state index contributed by atoms with van der Waals surface area (Å²) in [6, 6.07) is -0.892. The second-order valence-corrected chi connectivity index (χ2v) is 11.5. The Morgan fingerprint density at radius 3 is 2.23 bits per heavy atom. The Bertz CT molecular complexity index is 1360. The van der Waals surface area contributed by atoms with Gasteiger partial charge in [0.05, 0.1) is 47.4 Å². The molecule has 11 atom stereocenters. The van der Waals surface area contributed by atoms with E-state index >= 15 is 0 Å². The van der Waals surface area contributed by atoms with Gasteiger partial charge in [0.2, 0.25) is 0 Å². The van der Waals surface area contributed by atoms with E-state index < -0.39 is 60.0 Å². The Morgan fingerprint density at radius 2 is 1.55 bits per heavy atom.